The first-order chi connectivity index (χ1) is 33.1. The Hall–Kier alpha value is -5.28. The quantitative estimate of drug-likeness (QED) is 0.0909. The fraction of sp³-hybridized carbons (Fsp3) is 0.620. The van der Waals surface area contributed by atoms with Gasteiger partial charge in [-0.15, -0.1) is 0 Å². The molecule has 70 heavy (non-hydrogen) atoms. The zero-order chi connectivity index (χ0) is 50.4. The summed E-state index contributed by atoms with van der Waals surface area (Å²) >= 11 is 0. The van der Waals surface area contributed by atoms with Crippen LogP contribution >= 0.6 is 0 Å². The van der Waals surface area contributed by atoms with Gasteiger partial charge in [0.2, 0.25) is 5.89 Å². The van der Waals surface area contributed by atoms with Crippen LogP contribution in [0.15, 0.2) is 41.1 Å². The number of aliphatic hydroxyl groups is 1. The number of nitrogens with zero attached hydrogens (tertiary/aromatic N) is 6. The highest BCUT2D eigenvalue weighted by Crippen LogP contribution is 2.45. The number of hydrogen-bond acceptors (Lipinski definition) is 14. The van der Waals surface area contributed by atoms with Crippen LogP contribution in [0.3, 0.4) is 0 Å². The lowest BCUT2D eigenvalue weighted by Gasteiger charge is -2.53. The van der Waals surface area contributed by atoms with E-state index in [4.69, 9.17) is 33.3 Å². The number of ether oxygens (including phenoxy) is 4. The molecule has 2 bridgehead atoms. The summed E-state index contributed by atoms with van der Waals surface area (Å²) in [6, 6.07) is 5.08. The number of piperazine rings is 1. The van der Waals surface area contributed by atoms with Gasteiger partial charge in [0.1, 0.15) is 36.2 Å². The van der Waals surface area contributed by atoms with Crippen LogP contribution in [-0.4, -0.2) is 137 Å². The van der Waals surface area contributed by atoms with Gasteiger partial charge in [-0.2, -0.15) is 13.2 Å². The Labute approximate surface area is 406 Å². The number of nitrogens with one attached hydrogen (secondary N) is 2. The molecule has 5 fully saturated rings. The molecule has 3 aliphatic heterocycles. The molecule has 1 aromatic carbocycles. The van der Waals surface area contributed by atoms with Gasteiger partial charge >= 0.3 is 18.2 Å². The number of oxazole rings is 1. The SMILES string of the molecule is CCO[C@H](c1nc(-c2ccc3c(c2)c(CC(C)(C)CO)c(-c2cc(N4CCN(C5CC5)CC4)cnc2[C@H](C)OC)n3CC(F)(F)F)co1)[C@H](NC(=O)OC(C)(C)C)C(=O)N1N[C@H](C(=O)OC)C2CC1C2. The van der Waals surface area contributed by atoms with Gasteiger partial charge in [0.05, 0.1) is 36.5 Å². The van der Waals surface area contributed by atoms with Crippen molar-refractivity contribution in [3.8, 4) is 22.5 Å². The van der Waals surface area contributed by atoms with Crippen LogP contribution in [0.2, 0.25) is 0 Å². The Morgan fingerprint density at radius 2 is 1.73 bits per heavy atom. The number of rotatable bonds is 17. The van der Waals surface area contributed by atoms with Crippen molar-refractivity contribution in [1.82, 2.24) is 35.2 Å². The first-order valence-corrected chi connectivity index (χ1v) is 24.2. The van der Waals surface area contributed by atoms with Crippen molar-refractivity contribution in [2.24, 2.45) is 11.3 Å². The van der Waals surface area contributed by atoms with Crippen molar-refractivity contribution < 1.29 is 56.0 Å². The zero-order valence-electron chi connectivity index (χ0n) is 41.5. The number of esters is 1. The first kappa shape index (κ1) is 51.1. The first-order valence-electron chi connectivity index (χ1n) is 24.2. The number of aliphatic hydroxyl groups excluding tert-OH is 1. The number of alkyl halides is 3. The van der Waals surface area contributed by atoms with Crippen LogP contribution in [0.5, 0.6) is 0 Å². The lowest BCUT2D eigenvalue weighted by molar-refractivity contribution is -0.169. The topological polar surface area (TPSA) is 186 Å². The molecule has 3 saturated heterocycles. The molecule has 6 heterocycles. The number of carbonyl (C=O) groups is 3. The number of amides is 2. The highest BCUT2D eigenvalue weighted by Gasteiger charge is 2.52. The molecule has 0 unspecified atom stereocenters. The molecule has 382 valence electrons. The molecule has 2 saturated carbocycles. The Morgan fingerprint density at radius 3 is 2.34 bits per heavy atom. The zero-order valence-corrected chi connectivity index (χ0v) is 41.5. The summed E-state index contributed by atoms with van der Waals surface area (Å²) in [5.41, 5.74) is 5.03. The van der Waals surface area contributed by atoms with Crippen molar-refractivity contribution >= 4 is 34.6 Å². The lowest BCUT2D eigenvalue weighted by atomic mass is 9.73. The van der Waals surface area contributed by atoms with E-state index in [0.717, 1.165) is 31.9 Å². The van der Waals surface area contributed by atoms with Crippen LogP contribution in [-0.2, 0) is 41.5 Å². The van der Waals surface area contributed by atoms with Crippen molar-refractivity contribution in [3.63, 3.8) is 0 Å². The summed E-state index contributed by atoms with van der Waals surface area (Å²) in [7, 11) is 2.81. The fourth-order valence-corrected chi connectivity index (χ4v) is 9.98. The van der Waals surface area contributed by atoms with E-state index in [9.17, 15) is 32.7 Å². The number of halogens is 3. The smallest absolute Gasteiger partial charge is 0.408 e. The summed E-state index contributed by atoms with van der Waals surface area (Å²) in [5, 5.41) is 15.2. The highest BCUT2D eigenvalue weighted by atomic mass is 19.4. The monoisotopic (exact) mass is 980 g/mol. The van der Waals surface area contributed by atoms with Crippen LogP contribution < -0.4 is 15.6 Å². The number of hydrogen-bond donors (Lipinski definition) is 3. The van der Waals surface area contributed by atoms with E-state index in [1.54, 1.807) is 52.1 Å². The lowest BCUT2D eigenvalue weighted by Crippen LogP contribution is -2.71. The fourth-order valence-electron chi connectivity index (χ4n) is 9.98. The number of hydrazine groups is 1. The van der Waals surface area contributed by atoms with Crippen LogP contribution in [0.1, 0.15) is 104 Å². The van der Waals surface area contributed by atoms with Crippen LogP contribution in [0.25, 0.3) is 33.4 Å². The largest absolute Gasteiger partial charge is 0.468 e. The molecule has 2 aliphatic carbocycles. The molecule has 20 heteroatoms. The summed E-state index contributed by atoms with van der Waals surface area (Å²) in [6.45, 7) is 14.1. The van der Waals surface area contributed by atoms with E-state index in [2.05, 4.69) is 20.5 Å². The van der Waals surface area contributed by atoms with Crippen LogP contribution in [0, 0.1) is 11.3 Å². The molecule has 4 atom stereocenters. The summed E-state index contributed by atoms with van der Waals surface area (Å²) in [4.78, 5) is 55.2. The summed E-state index contributed by atoms with van der Waals surface area (Å²) in [5.74, 6) is -1.25. The highest BCUT2D eigenvalue weighted by molar-refractivity contribution is 5.95. The minimum absolute atomic E-state index is 0.0274. The molecule has 3 N–H and O–H groups in total. The second kappa shape index (κ2) is 20.1. The van der Waals surface area contributed by atoms with E-state index in [0.29, 0.717) is 57.9 Å². The van der Waals surface area contributed by atoms with E-state index in [1.165, 1.54) is 42.9 Å². The summed E-state index contributed by atoms with van der Waals surface area (Å²) in [6.07, 6.45) is -0.612. The molecule has 0 spiro atoms. The number of aromatic nitrogens is 3. The minimum Gasteiger partial charge on any atom is -0.468 e. The number of carbonyl (C=O) groups excluding carboxylic acids is 3. The maximum atomic E-state index is 14.9. The number of anilines is 1. The third-order valence-electron chi connectivity index (χ3n) is 13.8. The van der Waals surface area contributed by atoms with Gasteiger partial charge in [-0.05, 0) is 102 Å². The molecule has 2 amide bonds. The Morgan fingerprint density at radius 1 is 1.01 bits per heavy atom. The normalized spacial score (nSPS) is 21.3. The number of benzene rings is 1. The van der Waals surface area contributed by atoms with Gasteiger partial charge < -0.3 is 43.3 Å². The number of methoxy groups -OCH3 is 2. The summed E-state index contributed by atoms with van der Waals surface area (Å²) < 4.78 is 74.7. The number of alkyl carbamates (subject to hydrolysis) is 1. The molecule has 3 aromatic heterocycles. The molecule has 5 aliphatic rings. The standard InChI is InChI=1S/C50H67F3N8O9/c1-10-68-43(41(56-47(65)70-48(3,4)5)45(63)61-32-19-30(20-32)40(57-61)46(64)67-9)44-55-37(25-69-44)29-11-14-38-34(21-29)36(23-49(6,7)27-62)42(60(38)26-50(51,52)53)35-22-33(24-54-39(35)28(2)66-8)59-17-15-58(16-18-59)31-12-13-31/h11,14,21-22,24-25,28,30-32,40-41,43,57,62H,10,12-13,15-20,23,26-27H2,1-9H3,(H,56,65)/t28-,30?,32?,40-,41-,43-/m0/s1. The second-order valence-corrected chi connectivity index (χ2v) is 20.8. The third-order valence-corrected chi connectivity index (χ3v) is 13.8. The predicted molar refractivity (Wildman–Crippen MR) is 253 cm³/mol. The maximum absolute atomic E-state index is 14.9. The maximum Gasteiger partial charge on any atom is 0.408 e. The van der Waals surface area contributed by atoms with Gasteiger partial charge in [-0.3, -0.25) is 24.5 Å². The molecule has 17 nitrogen and oxygen atoms in total. The number of fused-ring (bicyclic) bond motifs is 3. The van der Waals surface area contributed by atoms with Crippen LogP contribution in [0.4, 0.5) is 23.7 Å². The molecule has 9 rings (SSSR count). The molecule has 4 aromatic rings. The van der Waals surface area contributed by atoms with E-state index in [-0.39, 0.29) is 43.2 Å². The average molecular weight is 981 g/mol. The Balaban J connectivity index is 1.23. The van der Waals surface area contributed by atoms with Gasteiger partial charge in [-0.25, -0.2) is 15.2 Å². The minimum atomic E-state index is -4.62. The predicted octanol–water partition coefficient (Wildman–Crippen LogP) is 7.11. The Kier molecular flexibility index (Phi) is 14.7. The molecule has 0 radical (unpaired) electrons. The van der Waals surface area contributed by atoms with Gasteiger partial charge in [-0.1, -0.05) is 19.9 Å². The van der Waals surface area contributed by atoms with Gasteiger partial charge in [0, 0.05) is 80.6 Å². The Bertz CT molecular complexity index is 2540. The van der Waals surface area contributed by atoms with Crippen molar-refractivity contribution in [3.05, 3.63) is 53.9 Å². The van der Waals surface area contributed by atoms with E-state index < -0.39 is 66.0 Å². The van der Waals surface area contributed by atoms with Crippen molar-refractivity contribution in [2.45, 2.75) is 135 Å². The third kappa shape index (κ3) is 10.9. The second-order valence-electron chi connectivity index (χ2n) is 20.8. The molecular formula is C50H67F3N8O9. The van der Waals surface area contributed by atoms with Crippen molar-refractivity contribution in [1.29, 1.82) is 0 Å². The molecular weight excluding hydrogens is 914 g/mol. The average Bonchev–Trinajstić information content (AvgIpc) is 3.98. The van der Waals surface area contributed by atoms with Gasteiger partial charge in [0.15, 0.2) is 6.10 Å². The van der Waals surface area contributed by atoms with E-state index >= 15 is 0 Å². The van der Waals surface area contributed by atoms with Crippen molar-refractivity contribution in [2.75, 3.05) is 58.5 Å². The number of pyridine rings is 1. The van der Waals surface area contributed by atoms with E-state index in [1.807, 2.05) is 26.8 Å². The van der Waals surface area contributed by atoms with Gasteiger partial charge in [0.25, 0.3) is 5.91 Å².